The Morgan fingerprint density at radius 2 is 1.88 bits per heavy atom. The zero-order valence-corrected chi connectivity index (χ0v) is 16.8. The highest BCUT2D eigenvalue weighted by molar-refractivity contribution is 14.1. The summed E-state index contributed by atoms with van der Waals surface area (Å²) in [7, 11) is 0. The molecule has 8 heteroatoms. The van der Waals surface area contributed by atoms with Gasteiger partial charge in [0.15, 0.2) is 5.82 Å². The van der Waals surface area contributed by atoms with Gasteiger partial charge in [-0.3, -0.25) is 4.79 Å². The second-order valence-electron chi connectivity index (χ2n) is 6.99. The smallest absolute Gasteiger partial charge is 0.410 e. The van der Waals surface area contributed by atoms with E-state index < -0.39 is 34.8 Å². The van der Waals surface area contributed by atoms with Gasteiger partial charge in [0.05, 0.1) is 0 Å². The molecule has 1 fully saturated rings. The van der Waals surface area contributed by atoms with Gasteiger partial charge in [0.25, 0.3) is 5.91 Å². The molecule has 1 aromatic rings. The summed E-state index contributed by atoms with van der Waals surface area (Å²) in [6, 6.07) is 2.05. The molecule has 0 unspecified atom stereocenters. The van der Waals surface area contributed by atoms with Crippen LogP contribution in [0.5, 0.6) is 0 Å². The lowest BCUT2D eigenvalue weighted by atomic mass is 10.1. The molecule has 1 atom stereocenters. The first-order valence-corrected chi connectivity index (χ1v) is 9.01. The molecule has 0 N–H and O–H groups in total. The van der Waals surface area contributed by atoms with E-state index in [9.17, 15) is 18.4 Å². The van der Waals surface area contributed by atoms with Crippen LogP contribution in [0.1, 0.15) is 38.1 Å². The van der Waals surface area contributed by atoms with Crippen molar-refractivity contribution >= 4 is 34.6 Å². The van der Waals surface area contributed by atoms with Gasteiger partial charge in [-0.05, 0) is 62.4 Å². The number of carbonyl (C=O) groups is 2. The van der Waals surface area contributed by atoms with Crippen LogP contribution in [0, 0.1) is 15.2 Å². The molecule has 0 aromatic heterocycles. The predicted octanol–water partition coefficient (Wildman–Crippen LogP) is 3.65. The van der Waals surface area contributed by atoms with Gasteiger partial charge in [0.1, 0.15) is 17.0 Å². The summed E-state index contributed by atoms with van der Waals surface area (Å²) in [6.07, 6.45) is -0.460. The van der Waals surface area contributed by atoms with Crippen LogP contribution in [0.25, 0.3) is 0 Å². The van der Waals surface area contributed by atoms with Crippen molar-refractivity contribution in [3.05, 3.63) is 32.9 Å². The number of rotatable bonds is 1. The van der Waals surface area contributed by atoms with Crippen molar-refractivity contribution < 1.29 is 23.1 Å². The Balaban J connectivity index is 2.12. The first kappa shape index (κ1) is 19.9. The lowest BCUT2D eigenvalue weighted by Gasteiger charge is -2.40. The van der Waals surface area contributed by atoms with Crippen molar-refractivity contribution in [3.63, 3.8) is 0 Å². The van der Waals surface area contributed by atoms with E-state index in [4.69, 9.17) is 4.74 Å². The monoisotopic (exact) mass is 466 g/mol. The van der Waals surface area contributed by atoms with E-state index in [1.54, 1.807) is 50.3 Å². The quantitative estimate of drug-likeness (QED) is 0.469. The summed E-state index contributed by atoms with van der Waals surface area (Å²) in [4.78, 5) is 27.6. The second kappa shape index (κ2) is 7.43. The van der Waals surface area contributed by atoms with E-state index in [1.807, 2.05) is 0 Å². The molecule has 1 aliphatic rings. The van der Waals surface area contributed by atoms with E-state index in [0.717, 1.165) is 6.07 Å². The van der Waals surface area contributed by atoms with Gasteiger partial charge in [0, 0.05) is 29.2 Å². The topological polar surface area (TPSA) is 49.9 Å². The van der Waals surface area contributed by atoms with Crippen molar-refractivity contribution in [3.8, 4) is 0 Å². The van der Waals surface area contributed by atoms with Crippen molar-refractivity contribution in [1.82, 2.24) is 9.80 Å². The Labute approximate surface area is 159 Å². The molecule has 0 spiro atoms. The van der Waals surface area contributed by atoms with Gasteiger partial charge < -0.3 is 14.5 Å². The standard InChI is InChI=1S/C17H21F2IN2O3/c1-10-9-21(7-8-22(10)16(24)25-17(2,3)4)15(23)13-11(18)5-6-12(20)14(13)19/h5-6,10H,7-9H2,1-4H3/t10-/m0/s1. The van der Waals surface area contributed by atoms with Gasteiger partial charge in [-0.2, -0.15) is 0 Å². The van der Waals surface area contributed by atoms with Crippen LogP contribution >= 0.6 is 22.6 Å². The summed E-state index contributed by atoms with van der Waals surface area (Å²) in [5.74, 6) is -2.44. The van der Waals surface area contributed by atoms with Gasteiger partial charge in [0.2, 0.25) is 0 Å². The number of ether oxygens (including phenoxy) is 1. The summed E-state index contributed by atoms with van der Waals surface area (Å²) in [5.41, 5.74) is -1.17. The Hall–Kier alpha value is -1.45. The maximum absolute atomic E-state index is 14.2. The van der Waals surface area contributed by atoms with E-state index >= 15 is 0 Å². The fraction of sp³-hybridized carbons (Fsp3) is 0.529. The minimum absolute atomic E-state index is 0.183. The van der Waals surface area contributed by atoms with Gasteiger partial charge in [-0.1, -0.05) is 0 Å². The van der Waals surface area contributed by atoms with Crippen molar-refractivity contribution in [1.29, 1.82) is 0 Å². The molecule has 0 aliphatic carbocycles. The molecule has 0 radical (unpaired) electrons. The molecule has 0 saturated carbocycles. The van der Waals surface area contributed by atoms with Crippen LogP contribution in [-0.2, 0) is 4.74 Å². The summed E-state index contributed by atoms with van der Waals surface area (Å²) >= 11 is 1.72. The zero-order valence-electron chi connectivity index (χ0n) is 14.6. The maximum Gasteiger partial charge on any atom is 0.410 e. The molecule has 5 nitrogen and oxygen atoms in total. The molecule has 1 aromatic carbocycles. The highest BCUT2D eigenvalue weighted by atomic mass is 127. The van der Waals surface area contributed by atoms with E-state index in [0.29, 0.717) is 0 Å². The van der Waals surface area contributed by atoms with Gasteiger partial charge in [-0.15, -0.1) is 0 Å². The third-order valence-electron chi connectivity index (χ3n) is 3.80. The number of halogens is 3. The Bertz CT molecular complexity index is 691. The van der Waals surface area contributed by atoms with Crippen LogP contribution in [0.3, 0.4) is 0 Å². The van der Waals surface area contributed by atoms with Crippen LogP contribution in [0.15, 0.2) is 12.1 Å². The largest absolute Gasteiger partial charge is 0.444 e. The molecular weight excluding hydrogens is 445 g/mol. The number of benzene rings is 1. The van der Waals surface area contributed by atoms with Crippen molar-refractivity contribution in [2.45, 2.75) is 39.3 Å². The van der Waals surface area contributed by atoms with Crippen molar-refractivity contribution in [2.75, 3.05) is 19.6 Å². The first-order valence-electron chi connectivity index (χ1n) is 7.93. The highest BCUT2D eigenvalue weighted by Gasteiger charge is 2.34. The average Bonchev–Trinajstić information content (AvgIpc) is 2.49. The molecule has 25 heavy (non-hydrogen) atoms. The number of hydrogen-bond acceptors (Lipinski definition) is 3. The van der Waals surface area contributed by atoms with Gasteiger partial charge in [-0.25, -0.2) is 13.6 Å². The molecule has 138 valence electrons. The molecule has 0 bridgehead atoms. The Morgan fingerprint density at radius 1 is 1.24 bits per heavy atom. The van der Waals surface area contributed by atoms with Crippen LogP contribution in [0.2, 0.25) is 0 Å². The fourth-order valence-electron chi connectivity index (χ4n) is 2.62. The Kier molecular flexibility index (Phi) is 5.90. The SMILES string of the molecule is C[C@H]1CN(C(=O)c2c(F)ccc(I)c2F)CCN1C(=O)OC(C)(C)C. The van der Waals surface area contributed by atoms with Crippen LogP contribution in [0.4, 0.5) is 13.6 Å². The minimum atomic E-state index is -0.884. The first-order chi connectivity index (χ1) is 11.5. The van der Waals surface area contributed by atoms with Crippen LogP contribution < -0.4 is 0 Å². The van der Waals surface area contributed by atoms with E-state index in [1.165, 1.54) is 15.9 Å². The number of carbonyl (C=O) groups excluding carboxylic acids is 2. The molecule has 2 rings (SSSR count). The van der Waals surface area contributed by atoms with Crippen molar-refractivity contribution in [2.24, 2.45) is 0 Å². The molecular formula is C17H21F2IN2O3. The number of piperazine rings is 1. The lowest BCUT2D eigenvalue weighted by molar-refractivity contribution is 0.00181. The normalized spacial score (nSPS) is 18.3. The average molecular weight is 466 g/mol. The van der Waals surface area contributed by atoms with Gasteiger partial charge >= 0.3 is 6.09 Å². The molecule has 1 aliphatic heterocycles. The maximum atomic E-state index is 14.2. The summed E-state index contributed by atoms with van der Waals surface area (Å²) in [5, 5.41) is 0. The zero-order chi connectivity index (χ0) is 18.9. The number of hydrogen-bond donors (Lipinski definition) is 0. The summed E-state index contributed by atoms with van der Waals surface area (Å²) < 4.78 is 33.7. The molecule has 2 amide bonds. The highest BCUT2D eigenvalue weighted by Crippen LogP contribution is 2.22. The fourth-order valence-corrected chi connectivity index (χ4v) is 3.06. The number of nitrogens with zero attached hydrogens (tertiary/aromatic N) is 2. The predicted molar refractivity (Wildman–Crippen MR) is 97.4 cm³/mol. The van der Waals surface area contributed by atoms with Crippen LogP contribution in [-0.4, -0.2) is 53.1 Å². The Morgan fingerprint density at radius 3 is 2.44 bits per heavy atom. The second-order valence-corrected chi connectivity index (χ2v) is 8.15. The minimum Gasteiger partial charge on any atom is -0.444 e. The number of amides is 2. The van der Waals surface area contributed by atoms with E-state index in [-0.39, 0.29) is 29.2 Å². The molecule has 1 heterocycles. The summed E-state index contributed by atoms with van der Waals surface area (Å²) in [6.45, 7) is 7.71. The molecule has 1 saturated heterocycles. The van der Waals surface area contributed by atoms with E-state index in [2.05, 4.69) is 0 Å². The lowest BCUT2D eigenvalue weighted by Crippen LogP contribution is -2.56. The third kappa shape index (κ3) is 4.59. The third-order valence-corrected chi connectivity index (χ3v) is 4.63.